The van der Waals surface area contributed by atoms with Gasteiger partial charge < -0.3 is 0 Å². The van der Waals surface area contributed by atoms with E-state index in [1.54, 1.807) is 0 Å². The molecule has 0 atom stereocenters. The van der Waals surface area contributed by atoms with Gasteiger partial charge in [-0.15, -0.1) is 11.3 Å². The van der Waals surface area contributed by atoms with Gasteiger partial charge in [0.2, 0.25) is 10.0 Å². The normalized spacial score (nSPS) is 12.6. The van der Waals surface area contributed by atoms with Crippen LogP contribution in [0.15, 0.2) is 27.6 Å². The molecule has 2 rings (SSSR count). The number of thiophene rings is 1. The van der Waals surface area contributed by atoms with Crippen molar-refractivity contribution in [2.75, 3.05) is 0 Å². The van der Waals surface area contributed by atoms with Crippen LogP contribution in [0.5, 0.6) is 0 Å². The number of rotatable bonds is 4. The van der Waals surface area contributed by atoms with Crippen LogP contribution in [0.1, 0.15) is 11.1 Å². The molecule has 0 bridgehead atoms. The summed E-state index contributed by atoms with van der Waals surface area (Å²) < 4.78 is 77.7. The van der Waals surface area contributed by atoms with Crippen molar-refractivity contribution >= 4 is 60.5 Å². The molecule has 0 unspecified atom stereocenters. The number of hydrogen-bond acceptors (Lipinski definition) is 3. The minimum atomic E-state index is -4.69. The summed E-state index contributed by atoms with van der Waals surface area (Å²) in [4.78, 5) is -0.313. The van der Waals surface area contributed by atoms with Crippen LogP contribution in [0.3, 0.4) is 0 Å². The van der Waals surface area contributed by atoms with Crippen LogP contribution in [0.25, 0.3) is 0 Å². The quantitative estimate of drug-likeness (QED) is 0.584. The Morgan fingerprint density at radius 3 is 2.29 bits per heavy atom. The van der Waals surface area contributed by atoms with Gasteiger partial charge in [-0.2, -0.15) is 13.2 Å². The number of hydrogen-bond donors (Lipinski definition) is 1. The summed E-state index contributed by atoms with van der Waals surface area (Å²) >= 11 is 15.4. The third kappa shape index (κ3) is 4.23. The van der Waals surface area contributed by atoms with E-state index in [9.17, 15) is 26.0 Å². The van der Waals surface area contributed by atoms with Gasteiger partial charge in [0.1, 0.15) is 19.4 Å². The first-order chi connectivity index (χ1) is 10.9. The van der Waals surface area contributed by atoms with Crippen LogP contribution >= 0.6 is 50.5 Å². The number of nitrogens with one attached hydrogen (secondary N) is 1. The standard InChI is InChI=1S/C12H6BrCl2F4NO2S2/c13-8-9(11(15)23-10(8)14)24(21,22)20-4-5-1-2-6(3-7(5)16)12(17,18)19/h1-3,20H,4H2. The van der Waals surface area contributed by atoms with Crippen LogP contribution < -0.4 is 4.72 Å². The summed E-state index contributed by atoms with van der Waals surface area (Å²) in [5.74, 6) is -1.18. The Morgan fingerprint density at radius 2 is 1.83 bits per heavy atom. The SMILES string of the molecule is O=S(=O)(NCc1ccc(C(F)(F)F)cc1F)c1c(Cl)sc(Cl)c1Br. The molecule has 1 aromatic carbocycles. The molecule has 0 amide bonds. The maximum atomic E-state index is 13.7. The topological polar surface area (TPSA) is 46.2 Å². The van der Waals surface area contributed by atoms with Gasteiger partial charge in [0.05, 0.1) is 10.0 Å². The highest BCUT2D eigenvalue weighted by atomic mass is 79.9. The molecular weight excluding hydrogens is 481 g/mol. The highest BCUT2D eigenvalue weighted by Gasteiger charge is 2.31. The Morgan fingerprint density at radius 1 is 1.21 bits per heavy atom. The molecule has 0 radical (unpaired) electrons. The van der Waals surface area contributed by atoms with E-state index >= 15 is 0 Å². The molecule has 0 spiro atoms. The summed E-state index contributed by atoms with van der Waals surface area (Å²) in [5.41, 5.74) is -1.41. The fourth-order valence-electron chi connectivity index (χ4n) is 1.68. The predicted octanol–water partition coefficient (Wildman–Crippen LogP) is 5.45. The Balaban J connectivity index is 2.24. The number of halogens is 7. The molecule has 2 aromatic rings. The minimum Gasteiger partial charge on any atom is -0.207 e. The molecule has 12 heteroatoms. The number of alkyl halides is 3. The highest BCUT2D eigenvalue weighted by Crippen LogP contribution is 2.42. The fraction of sp³-hybridized carbons (Fsp3) is 0.167. The van der Waals surface area contributed by atoms with Gasteiger partial charge in [0.15, 0.2) is 0 Å². The second kappa shape index (κ2) is 7.08. The number of benzene rings is 1. The molecule has 1 N–H and O–H groups in total. The third-order valence-electron chi connectivity index (χ3n) is 2.83. The molecule has 132 valence electrons. The van der Waals surface area contributed by atoms with Crippen molar-refractivity contribution in [2.45, 2.75) is 17.6 Å². The maximum absolute atomic E-state index is 13.7. The average Bonchev–Trinajstić information content (AvgIpc) is 2.70. The van der Waals surface area contributed by atoms with E-state index in [4.69, 9.17) is 23.2 Å². The zero-order valence-corrected chi connectivity index (χ0v) is 15.9. The van der Waals surface area contributed by atoms with E-state index in [0.29, 0.717) is 12.1 Å². The Bertz CT molecular complexity index is 884. The van der Waals surface area contributed by atoms with Crippen LogP contribution in [-0.4, -0.2) is 8.42 Å². The van der Waals surface area contributed by atoms with Gasteiger partial charge in [-0.1, -0.05) is 29.3 Å². The Hall–Kier alpha value is -0.390. The first kappa shape index (κ1) is 19.9. The average molecular weight is 487 g/mol. The molecule has 3 nitrogen and oxygen atoms in total. The van der Waals surface area contributed by atoms with Crippen molar-refractivity contribution in [3.05, 3.63) is 48.3 Å². The Labute approximate surface area is 156 Å². The van der Waals surface area contributed by atoms with E-state index in [1.807, 2.05) is 0 Å². The smallest absolute Gasteiger partial charge is 0.207 e. The van der Waals surface area contributed by atoms with E-state index in [0.717, 1.165) is 17.4 Å². The Kier molecular flexibility index (Phi) is 5.88. The van der Waals surface area contributed by atoms with Crippen molar-refractivity contribution in [1.82, 2.24) is 4.72 Å². The summed E-state index contributed by atoms with van der Waals surface area (Å²) in [5, 5.41) is 0. The lowest BCUT2D eigenvalue weighted by atomic mass is 10.1. The monoisotopic (exact) mass is 485 g/mol. The van der Waals surface area contributed by atoms with Crippen molar-refractivity contribution in [3.63, 3.8) is 0 Å². The predicted molar refractivity (Wildman–Crippen MR) is 87.5 cm³/mol. The first-order valence-corrected chi connectivity index (χ1v) is 9.77. The van der Waals surface area contributed by atoms with Crippen LogP contribution in [0.2, 0.25) is 8.67 Å². The molecular formula is C12H6BrCl2F4NO2S2. The van der Waals surface area contributed by atoms with Crippen LogP contribution in [0, 0.1) is 5.82 Å². The zero-order valence-electron chi connectivity index (χ0n) is 11.2. The van der Waals surface area contributed by atoms with Gasteiger partial charge in [-0.3, -0.25) is 0 Å². The molecule has 0 fully saturated rings. The lowest BCUT2D eigenvalue weighted by Crippen LogP contribution is -2.24. The lowest BCUT2D eigenvalue weighted by molar-refractivity contribution is -0.137. The third-order valence-corrected chi connectivity index (χ3v) is 7.70. The molecule has 0 aliphatic carbocycles. The second-order valence-electron chi connectivity index (χ2n) is 4.42. The molecule has 0 saturated heterocycles. The molecule has 0 saturated carbocycles. The van der Waals surface area contributed by atoms with E-state index in [2.05, 4.69) is 20.7 Å². The van der Waals surface area contributed by atoms with Crippen molar-refractivity contribution in [3.8, 4) is 0 Å². The molecule has 0 aliphatic heterocycles. The summed E-state index contributed by atoms with van der Waals surface area (Å²) in [6.07, 6.45) is -4.69. The molecule has 1 heterocycles. The molecule has 24 heavy (non-hydrogen) atoms. The summed E-state index contributed by atoms with van der Waals surface area (Å²) in [7, 11) is -4.15. The summed E-state index contributed by atoms with van der Waals surface area (Å²) in [6, 6.07) is 1.82. The van der Waals surface area contributed by atoms with E-state index < -0.39 is 34.1 Å². The van der Waals surface area contributed by atoms with Gasteiger partial charge in [0, 0.05) is 12.1 Å². The van der Waals surface area contributed by atoms with Gasteiger partial charge in [0.25, 0.3) is 0 Å². The molecule has 0 aliphatic rings. The van der Waals surface area contributed by atoms with E-state index in [1.165, 1.54) is 0 Å². The number of sulfonamides is 1. The van der Waals surface area contributed by atoms with Gasteiger partial charge in [-0.25, -0.2) is 17.5 Å². The molecule has 1 aromatic heterocycles. The second-order valence-corrected chi connectivity index (χ2v) is 9.14. The van der Waals surface area contributed by atoms with Crippen molar-refractivity contribution < 1.29 is 26.0 Å². The summed E-state index contributed by atoms with van der Waals surface area (Å²) in [6.45, 7) is -0.553. The minimum absolute atomic E-state index is 0.0551. The maximum Gasteiger partial charge on any atom is 0.416 e. The van der Waals surface area contributed by atoms with Crippen molar-refractivity contribution in [2.24, 2.45) is 0 Å². The highest BCUT2D eigenvalue weighted by molar-refractivity contribution is 9.10. The van der Waals surface area contributed by atoms with Crippen LogP contribution in [-0.2, 0) is 22.7 Å². The van der Waals surface area contributed by atoms with Gasteiger partial charge >= 0.3 is 6.18 Å². The van der Waals surface area contributed by atoms with Crippen LogP contribution in [0.4, 0.5) is 17.6 Å². The zero-order chi connectivity index (χ0) is 18.3. The first-order valence-electron chi connectivity index (χ1n) is 5.92. The largest absolute Gasteiger partial charge is 0.416 e. The fourth-order valence-corrected chi connectivity index (χ4v) is 6.24. The van der Waals surface area contributed by atoms with Crippen molar-refractivity contribution in [1.29, 1.82) is 0 Å². The van der Waals surface area contributed by atoms with E-state index in [-0.39, 0.29) is 23.6 Å². The van der Waals surface area contributed by atoms with Gasteiger partial charge in [-0.05, 0) is 28.1 Å². The lowest BCUT2D eigenvalue weighted by Gasteiger charge is -2.10.